The lowest BCUT2D eigenvalue weighted by atomic mass is 10.1. The van der Waals surface area contributed by atoms with Crippen LogP contribution in [0.1, 0.15) is 18.4 Å². The van der Waals surface area contributed by atoms with E-state index in [0.717, 1.165) is 5.69 Å². The zero-order valence-electron chi connectivity index (χ0n) is 9.69. The number of hydrogen-bond acceptors (Lipinski definition) is 4. The predicted molar refractivity (Wildman–Crippen MR) is 71.5 cm³/mol. The SMILES string of the molecule is N#Cc1ccc(NC2CCS(=O)(=O)CC2)c(Cl)c1. The molecule has 0 radical (unpaired) electrons. The highest BCUT2D eigenvalue weighted by Crippen LogP contribution is 2.25. The molecule has 0 spiro atoms. The molecule has 1 aromatic carbocycles. The number of hydrogen-bond donors (Lipinski definition) is 1. The van der Waals surface area contributed by atoms with Crippen molar-refractivity contribution < 1.29 is 8.42 Å². The van der Waals surface area contributed by atoms with Crippen LogP contribution < -0.4 is 5.32 Å². The molecular weight excluding hydrogens is 272 g/mol. The van der Waals surface area contributed by atoms with E-state index in [9.17, 15) is 8.42 Å². The summed E-state index contributed by atoms with van der Waals surface area (Å²) < 4.78 is 22.6. The minimum absolute atomic E-state index is 0.124. The Hall–Kier alpha value is -1.25. The molecule has 0 unspecified atom stereocenters. The molecule has 0 atom stereocenters. The van der Waals surface area contributed by atoms with E-state index >= 15 is 0 Å². The fourth-order valence-corrected chi connectivity index (χ4v) is 3.68. The average molecular weight is 285 g/mol. The van der Waals surface area contributed by atoms with Gasteiger partial charge in [0.25, 0.3) is 0 Å². The van der Waals surface area contributed by atoms with E-state index in [1.807, 2.05) is 6.07 Å². The van der Waals surface area contributed by atoms with Crippen molar-refractivity contribution in [3.8, 4) is 6.07 Å². The van der Waals surface area contributed by atoms with Gasteiger partial charge in [-0.15, -0.1) is 0 Å². The Labute approximate surface area is 111 Å². The van der Waals surface area contributed by atoms with Gasteiger partial charge in [0.05, 0.1) is 33.8 Å². The molecule has 1 N–H and O–H groups in total. The Morgan fingerprint density at radius 1 is 1.33 bits per heavy atom. The molecule has 0 amide bonds. The molecule has 1 saturated heterocycles. The van der Waals surface area contributed by atoms with Crippen LogP contribution in [-0.4, -0.2) is 26.0 Å². The molecule has 18 heavy (non-hydrogen) atoms. The number of halogens is 1. The van der Waals surface area contributed by atoms with Gasteiger partial charge in [0.15, 0.2) is 0 Å². The Bertz CT molecular complexity index is 579. The first-order chi connectivity index (χ1) is 8.50. The zero-order valence-corrected chi connectivity index (χ0v) is 11.3. The third-order valence-corrected chi connectivity index (χ3v) is 5.04. The van der Waals surface area contributed by atoms with Crippen molar-refractivity contribution in [2.24, 2.45) is 0 Å². The van der Waals surface area contributed by atoms with E-state index in [2.05, 4.69) is 5.32 Å². The van der Waals surface area contributed by atoms with E-state index in [1.54, 1.807) is 18.2 Å². The smallest absolute Gasteiger partial charge is 0.150 e. The lowest BCUT2D eigenvalue weighted by Gasteiger charge is -2.24. The van der Waals surface area contributed by atoms with Crippen LogP contribution in [0.5, 0.6) is 0 Å². The first-order valence-electron chi connectivity index (χ1n) is 5.67. The fraction of sp³-hybridized carbons (Fsp3) is 0.417. The number of sulfone groups is 1. The van der Waals surface area contributed by atoms with E-state index < -0.39 is 9.84 Å². The van der Waals surface area contributed by atoms with Gasteiger partial charge in [0.1, 0.15) is 9.84 Å². The second-order valence-electron chi connectivity index (χ2n) is 4.38. The Balaban J connectivity index is 2.05. The normalized spacial score (nSPS) is 19.1. The summed E-state index contributed by atoms with van der Waals surface area (Å²) in [5.74, 6) is 0.442. The van der Waals surface area contributed by atoms with Gasteiger partial charge in [0, 0.05) is 6.04 Å². The molecule has 96 valence electrons. The van der Waals surface area contributed by atoms with Crippen molar-refractivity contribution in [1.82, 2.24) is 0 Å². The van der Waals surface area contributed by atoms with Crippen molar-refractivity contribution in [3.63, 3.8) is 0 Å². The summed E-state index contributed by atoms with van der Waals surface area (Å²) >= 11 is 6.05. The summed E-state index contributed by atoms with van der Waals surface area (Å²) in [5, 5.41) is 12.5. The van der Waals surface area contributed by atoms with Crippen LogP contribution >= 0.6 is 11.6 Å². The molecule has 1 aromatic rings. The van der Waals surface area contributed by atoms with Crippen LogP contribution in [0.15, 0.2) is 18.2 Å². The van der Waals surface area contributed by atoms with Gasteiger partial charge in [-0.05, 0) is 31.0 Å². The largest absolute Gasteiger partial charge is 0.381 e. The van der Waals surface area contributed by atoms with Crippen LogP contribution in [0.4, 0.5) is 5.69 Å². The maximum Gasteiger partial charge on any atom is 0.150 e. The molecule has 0 aliphatic carbocycles. The topological polar surface area (TPSA) is 70.0 Å². The van der Waals surface area contributed by atoms with Crippen molar-refractivity contribution in [2.75, 3.05) is 16.8 Å². The summed E-state index contributed by atoms with van der Waals surface area (Å²) in [4.78, 5) is 0. The lowest BCUT2D eigenvalue weighted by molar-refractivity contribution is 0.559. The quantitative estimate of drug-likeness (QED) is 0.904. The second kappa shape index (κ2) is 5.17. The summed E-state index contributed by atoms with van der Waals surface area (Å²) in [6.45, 7) is 0. The van der Waals surface area contributed by atoms with E-state index in [1.165, 1.54) is 0 Å². The number of anilines is 1. The van der Waals surface area contributed by atoms with Gasteiger partial charge in [0.2, 0.25) is 0 Å². The first kappa shape index (κ1) is 13.2. The Morgan fingerprint density at radius 2 is 2.00 bits per heavy atom. The van der Waals surface area contributed by atoms with Crippen molar-refractivity contribution in [1.29, 1.82) is 5.26 Å². The molecule has 1 heterocycles. The van der Waals surface area contributed by atoms with Crippen LogP contribution in [-0.2, 0) is 9.84 Å². The minimum atomic E-state index is -2.84. The molecule has 2 rings (SSSR count). The fourth-order valence-electron chi connectivity index (χ4n) is 1.96. The predicted octanol–water partition coefficient (Wildman–Crippen LogP) is 2.20. The number of nitrogens with one attached hydrogen (secondary N) is 1. The lowest BCUT2D eigenvalue weighted by Crippen LogP contribution is -2.32. The maximum atomic E-state index is 11.3. The molecule has 1 aliphatic heterocycles. The van der Waals surface area contributed by atoms with Gasteiger partial charge >= 0.3 is 0 Å². The maximum absolute atomic E-state index is 11.3. The van der Waals surface area contributed by atoms with Gasteiger partial charge in [-0.1, -0.05) is 11.6 Å². The number of nitriles is 1. The molecular formula is C12H13ClN2O2S. The van der Waals surface area contributed by atoms with Crippen molar-refractivity contribution in [2.45, 2.75) is 18.9 Å². The van der Waals surface area contributed by atoms with Crippen LogP contribution in [0.2, 0.25) is 5.02 Å². The highest BCUT2D eigenvalue weighted by molar-refractivity contribution is 7.91. The van der Waals surface area contributed by atoms with Gasteiger partial charge < -0.3 is 5.32 Å². The van der Waals surface area contributed by atoms with Gasteiger partial charge in [-0.3, -0.25) is 0 Å². The molecule has 0 saturated carbocycles. The average Bonchev–Trinajstić information content (AvgIpc) is 2.34. The summed E-state index contributed by atoms with van der Waals surface area (Å²) in [5.41, 5.74) is 1.26. The van der Waals surface area contributed by atoms with E-state index in [4.69, 9.17) is 16.9 Å². The van der Waals surface area contributed by atoms with Crippen LogP contribution in [0.3, 0.4) is 0 Å². The second-order valence-corrected chi connectivity index (χ2v) is 7.09. The third-order valence-electron chi connectivity index (χ3n) is 3.01. The van der Waals surface area contributed by atoms with Crippen molar-refractivity contribution in [3.05, 3.63) is 28.8 Å². The van der Waals surface area contributed by atoms with Crippen molar-refractivity contribution >= 4 is 27.1 Å². The van der Waals surface area contributed by atoms with Crippen LogP contribution in [0, 0.1) is 11.3 Å². The zero-order chi connectivity index (χ0) is 13.2. The monoisotopic (exact) mass is 284 g/mol. The van der Waals surface area contributed by atoms with E-state index in [0.29, 0.717) is 23.4 Å². The molecule has 1 fully saturated rings. The summed E-state index contributed by atoms with van der Waals surface area (Å²) in [7, 11) is -2.84. The first-order valence-corrected chi connectivity index (χ1v) is 7.87. The number of nitrogens with zero attached hydrogens (tertiary/aromatic N) is 1. The molecule has 0 aromatic heterocycles. The Morgan fingerprint density at radius 3 is 2.56 bits per heavy atom. The number of rotatable bonds is 2. The third kappa shape index (κ3) is 3.15. The molecule has 0 bridgehead atoms. The highest BCUT2D eigenvalue weighted by Gasteiger charge is 2.23. The Kier molecular flexibility index (Phi) is 3.79. The van der Waals surface area contributed by atoms with Crippen LogP contribution in [0.25, 0.3) is 0 Å². The van der Waals surface area contributed by atoms with E-state index in [-0.39, 0.29) is 17.5 Å². The standard InChI is InChI=1S/C12H13ClN2O2S/c13-11-7-9(8-14)1-2-12(11)15-10-3-5-18(16,17)6-4-10/h1-2,7,10,15H,3-6H2. The van der Waals surface area contributed by atoms with Gasteiger partial charge in [-0.25, -0.2) is 8.42 Å². The van der Waals surface area contributed by atoms with Gasteiger partial charge in [-0.2, -0.15) is 5.26 Å². The molecule has 1 aliphatic rings. The molecule has 6 heteroatoms. The minimum Gasteiger partial charge on any atom is -0.381 e. The summed E-state index contributed by atoms with van der Waals surface area (Å²) in [6, 6.07) is 7.18. The summed E-state index contributed by atoms with van der Waals surface area (Å²) in [6.07, 6.45) is 1.19. The highest BCUT2D eigenvalue weighted by atomic mass is 35.5. The number of benzene rings is 1. The molecule has 4 nitrogen and oxygen atoms in total.